The monoisotopic (exact) mass is 380 g/mol. The Bertz CT molecular complexity index is 783. The van der Waals surface area contributed by atoms with Gasteiger partial charge in [-0.15, -0.1) is 11.8 Å². The molecule has 0 aromatic heterocycles. The van der Waals surface area contributed by atoms with E-state index < -0.39 is 0 Å². The summed E-state index contributed by atoms with van der Waals surface area (Å²) in [6.45, 7) is 4.34. The molecule has 2 aliphatic rings. The molecule has 1 unspecified atom stereocenters. The first kappa shape index (κ1) is 18.6. The lowest BCUT2D eigenvalue weighted by Gasteiger charge is -2.28. The van der Waals surface area contributed by atoms with E-state index in [4.69, 9.17) is 0 Å². The number of hydrogen-bond donors (Lipinski definition) is 0. The largest absolute Gasteiger partial charge is 0.334 e. The van der Waals surface area contributed by atoms with Crippen LogP contribution in [-0.2, 0) is 0 Å². The summed E-state index contributed by atoms with van der Waals surface area (Å²) in [7, 11) is 0. The standard InChI is InChI=1S/C23H28N2OS/c1-27-22-8-4-6-20(16-22)18-9-11-19(12-10-18)23(26)25-15-5-7-21(25)17-24-13-2-3-14-24/h4,6,8-12,16,21H,2-3,5,7,13-15,17H2,1H3. The van der Waals surface area contributed by atoms with Crippen LogP contribution in [0.4, 0.5) is 0 Å². The van der Waals surface area contributed by atoms with Gasteiger partial charge in [-0.2, -0.15) is 0 Å². The summed E-state index contributed by atoms with van der Waals surface area (Å²) >= 11 is 1.75. The third kappa shape index (κ3) is 4.22. The van der Waals surface area contributed by atoms with Gasteiger partial charge >= 0.3 is 0 Å². The van der Waals surface area contributed by atoms with Gasteiger partial charge in [-0.3, -0.25) is 4.79 Å². The molecule has 0 N–H and O–H groups in total. The minimum absolute atomic E-state index is 0.195. The number of benzene rings is 2. The molecule has 2 heterocycles. The Balaban J connectivity index is 1.46. The van der Waals surface area contributed by atoms with E-state index in [1.165, 1.54) is 36.4 Å². The molecule has 3 nitrogen and oxygen atoms in total. The third-order valence-electron chi connectivity index (χ3n) is 5.84. The summed E-state index contributed by atoms with van der Waals surface area (Å²) in [5, 5.41) is 0. The smallest absolute Gasteiger partial charge is 0.254 e. The van der Waals surface area contributed by atoms with Crippen molar-refractivity contribution in [1.29, 1.82) is 0 Å². The van der Waals surface area contributed by atoms with E-state index in [1.807, 2.05) is 12.1 Å². The third-order valence-corrected chi connectivity index (χ3v) is 6.57. The zero-order valence-electron chi connectivity index (χ0n) is 16.1. The van der Waals surface area contributed by atoms with E-state index in [2.05, 4.69) is 52.5 Å². The second-order valence-electron chi connectivity index (χ2n) is 7.61. The molecule has 2 fully saturated rings. The number of carbonyl (C=O) groups is 1. The first-order chi connectivity index (χ1) is 13.2. The topological polar surface area (TPSA) is 23.6 Å². The van der Waals surface area contributed by atoms with Gasteiger partial charge in [0.1, 0.15) is 0 Å². The molecule has 2 aromatic carbocycles. The summed E-state index contributed by atoms with van der Waals surface area (Å²) in [4.78, 5) is 19.0. The lowest BCUT2D eigenvalue weighted by Crippen LogP contribution is -2.42. The highest BCUT2D eigenvalue weighted by atomic mass is 32.2. The van der Waals surface area contributed by atoms with Gasteiger partial charge in [0, 0.05) is 29.6 Å². The average Bonchev–Trinajstić information content (AvgIpc) is 3.40. The SMILES string of the molecule is CSc1cccc(-c2ccc(C(=O)N3CCCC3CN3CCCC3)cc2)c1. The first-order valence-corrected chi connectivity index (χ1v) is 11.2. The minimum Gasteiger partial charge on any atom is -0.334 e. The molecule has 2 saturated heterocycles. The van der Waals surface area contributed by atoms with Crippen molar-refractivity contribution >= 4 is 17.7 Å². The number of amides is 1. The van der Waals surface area contributed by atoms with Gasteiger partial charge in [-0.25, -0.2) is 0 Å². The Kier molecular flexibility index (Phi) is 5.84. The minimum atomic E-state index is 0.195. The lowest BCUT2D eigenvalue weighted by molar-refractivity contribution is 0.0709. The number of carbonyl (C=O) groups excluding carboxylic acids is 1. The first-order valence-electron chi connectivity index (χ1n) is 10.0. The molecule has 0 radical (unpaired) electrons. The second-order valence-corrected chi connectivity index (χ2v) is 8.49. The van der Waals surface area contributed by atoms with Crippen molar-refractivity contribution in [2.45, 2.75) is 36.6 Å². The van der Waals surface area contributed by atoms with Crippen molar-refractivity contribution in [3.05, 3.63) is 54.1 Å². The van der Waals surface area contributed by atoms with Crippen LogP contribution < -0.4 is 0 Å². The fourth-order valence-corrected chi connectivity index (χ4v) is 4.79. The van der Waals surface area contributed by atoms with Gasteiger partial charge in [0.05, 0.1) is 0 Å². The molecule has 1 atom stereocenters. The Morgan fingerprint density at radius 3 is 2.52 bits per heavy atom. The van der Waals surface area contributed by atoms with Crippen molar-refractivity contribution < 1.29 is 4.79 Å². The molecular weight excluding hydrogens is 352 g/mol. The van der Waals surface area contributed by atoms with Crippen LogP contribution in [0.2, 0.25) is 0 Å². The molecular formula is C23H28N2OS. The molecule has 4 rings (SSSR count). The van der Waals surface area contributed by atoms with E-state index in [0.717, 1.165) is 37.1 Å². The number of rotatable bonds is 5. The van der Waals surface area contributed by atoms with E-state index >= 15 is 0 Å². The van der Waals surface area contributed by atoms with E-state index in [1.54, 1.807) is 11.8 Å². The van der Waals surface area contributed by atoms with Crippen LogP contribution in [0.25, 0.3) is 11.1 Å². The predicted octanol–water partition coefficient (Wildman–Crippen LogP) is 4.78. The summed E-state index contributed by atoms with van der Waals surface area (Å²) < 4.78 is 0. The maximum atomic E-state index is 13.1. The summed E-state index contributed by atoms with van der Waals surface area (Å²) in [5.41, 5.74) is 3.18. The second kappa shape index (κ2) is 8.49. The van der Waals surface area contributed by atoms with Gasteiger partial charge in [0.25, 0.3) is 5.91 Å². The summed E-state index contributed by atoms with van der Waals surface area (Å²) in [6, 6.07) is 17.1. The number of hydrogen-bond acceptors (Lipinski definition) is 3. The Morgan fingerprint density at radius 1 is 1.00 bits per heavy atom. The van der Waals surface area contributed by atoms with E-state index in [-0.39, 0.29) is 5.91 Å². The van der Waals surface area contributed by atoms with Crippen molar-refractivity contribution in [2.24, 2.45) is 0 Å². The predicted molar refractivity (Wildman–Crippen MR) is 113 cm³/mol. The number of nitrogens with zero attached hydrogens (tertiary/aromatic N) is 2. The van der Waals surface area contributed by atoms with Gasteiger partial charge < -0.3 is 9.80 Å². The quantitative estimate of drug-likeness (QED) is 0.698. The zero-order chi connectivity index (χ0) is 18.6. The molecule has 4 heteroatoms. The fourth-order valence-electron chi connectivity index (χ4n) is 4.33. The van der Waals surface area contributed by atoms with Crippen LogP contribution >= 0.6 is 11.8 Å². The van der Waals surface area contributed by atoms with Crippen LogP contribution in [0.5, 0.6) is 0 Å². The molecule has 142 valence electrons. The average molecular weight is 381 g/mol. The summed E-state index contributed by atoms with van der Waals surface area (Å²) in [5.74, 6) is 0.195. The normalized spacial score (nSPS) is 20.3. The molecule has 0 bridgehead atoms. The maximum absolute atomic E-state index is 13.1. The number of thioether (sulfide) groups is 1. The zero-order valence-corrected chi connectivity index (χ0v) is 16.9. The van der Waals surface area contributed by atoms with Gasteiger partial charge in [-0.1, -0.05) is 24.3 Å². The van der Waals surface area contributed by atoms with Crippen molar-refractivity contribution in [1.82, 2.24) is 9.80 Å². The highest BCUT2D eigenvalue weighted by Crippen LogP contribution is 2.26. The molecule has 0 aliphatic carbocycles. The lowest BCUT2D eigenvalue weighted by atomic mass is 10.0. The Labute approximate surface area is 166 Å². The maximum Gasteiger partial charge on any atom is 0.254 e. The Morgan fingerprint density at radius 2 is 1.78 bits per heavy atom. The molecule has 0 spiro atoms. The van der Waals surface area contributed by atoms with Crippen molar-refractivity contribution in [3.8, 4) is 11.1 Å². The van der Waals surface area contributed by atoms with Gasteiger partial charge in [-0.05, 0) is 80.4 Å². The molecule has 2 aromatic rings. The molecule has 2 aliphatic heterocycles. The van der Waals surface area contributed by atoms with Crippen molar-refractivity contribution in [3.63, 3.8) is 0 Å². The van der Waals surface area contributed by atoms with Crippen LogP contribution in [0, 0.1) is 0 Å². The Hall–Kier alpha value is -1.78. The fraction of sp³-hybridized carbons (Fsp3) is 0.435. The number of likely N-dealkylation sites (tertiary alicyclic amines) is 2. The van der Waals surface area contributed by atoms with E-state index in [9.17, 15) is 4.79 Å². The van der Waals surface area contributed by atoms with Crippen molar-refractivity contribution in [2.75, 3.05) is 32.4 Å². The molecule has 27 heavy (non-hydrogen) atoms. The summed E-state index contributed by atoms with van der Waals surface area (Å²) in [6.07, 6.45) is 6.97. The van der Waals surface area contributed by atoms with Crippen LogP contribution in [-0.4, -0.2) is 54.2 Å². The van der Waals surface area contributed by atoms with Crippen LogP contribution in [0.3, 0.4) is 0 Å². The van der Waals surface area contributed by atoms with Gasteiger partial charge in [0.15, 0.2) is 0 Å². The van der Waals surface area contributed by atoms with Crippen LogP contribution in [0.15, 0.2) is 53.4 Å². The molecule has 0 saturated carbocycles. The van der Waals surface area contributed by atoms with Crippen LogP contribution in [0.1, 0.15) is 36.0 Å². The highest BCUT2D eigenvalue weighted by Gasteiger charge is 2.31. The molecule has 1 amide bonds. The highest BCUT2D eigenvalue weighted by molar-refractivity contribution is 7.98. The van der Waals surface area contributed by atoms with Gasteiger partial charge in [0.2, 0.25) is 0 Å². The van der Waals surface area contributed by atoms with E-state index in [0.29, 0.717) is 6.04 Å².